The van der Waals surface area contributed by atoms with Gasteiger partial charge in [0.1, 0.15) is 12.4 Å². The first-order valence-corrected chi connectivity index (χ1v) is 10.9. The molecule has 0 saturated carbocycles. The molecule has 2 rings (SSSR count). The van der Waals surface area contributed by atoms with Gasteiger partial charge in [-0.1, -0.05) is 12.1 Å². The summed E-state index contributed by atoms with van der Waals surface area (Å²) in [4.78, 5) is 5.89. The van der Waals surface area contributed by atoms with E-state index in [0.717, 1.165) is 36.3 Å². The number of rotatable bonds is 11. The van der Waals surface area contributed by atoms with Crippen LogP contribution in [0.1, 0.15) is 37.3 Å². The monoisotopic (exact) mass is 444 g/mol. The van der Waals surface area contributed by atoms with Crippen molar-refractivity contribution in [2.45, 2.75) is 51.9 Å². The number of nitrogens with one attached hydrogen (secondary N) is 2. The average molecular weight is 445 g/mol. The third-order valence-electron chi connectivity index (χ3n) is 4.88. The first kappa shape index (κ1) is 25.3. The van der Waals surface area contributed by atoms with Crippen molar-refractivity contribution in [3.05, 3.63) is 29.3 Å². The molecule has 0 aliphatic carbocycles. The summed E-state index contributed by atoms with van der Waals surface area (Å²) in [6.45, 7) is 6.43. The van der Waals surface area contributed by atoms with E-state index in [1.165, 1.54) is 11.9 Å². The lowest BCUT2D eigenvalue weighted by molar-refractivity contribution is -0.143. The highest BCUT2D eigenvalue weighted by Gasteiger charge is 2.28. The number of nitrogens with zero attached hydrogens (tertiary/aromatic N) is 2. The molecule has 2 N–H and O–H groups in total. The van der Waals surface area contributed by atoms with Gasteiger partial charge in [0.2, 0.25) is 0 Å². The first-order chi connectivity index (χ1) is 14.8. The summed E-state index contributed by atoms with van der Waals surface area (Å²) < 4.78 is 48.9. The minimum absolute atomic E-state index is 0.145. The van der Waals surface area contributed by atoms with Gasteiger partial charge in [-0.3, -0.25) is 4.90 Å². The lowest BCUT2D eigenvalue weighted by Crippen LogP contribution is -2.39. The van der Waals surface area contributed by atoms with E-state index in [9.17, 15) is 13.2 Å². The zero-order valence-corrected chi connectivity index (χ0v) is 18.7. The highest BCUT2D eigenvalue weighted by atomic mass is 19.4. The van der Waals surface area contributed by atoms with Crippen LogP contribution in [0, 0.1) is 6.92 Å². The number of hydrogen-bond donors (Lipinski definition) is 2. The summed E-state index contributed by atoms with van der Waals surface area (Å²) in [7, 11) is 1.47. The van der Waals surface area contributed by atoms with E-state index in [1.807, 2.05) is 32.0 Å². The van der Waals surface area contributed by atoms with Gasteiger partial charge in [-0.05, 0) is 58.3 Å². The van der Waals surface area contributed by atoms with Crippen LogP contribution in [0.25, 0.3) is 0 Å². The molecule has 1 aliphatic heterocycles. The second kappa shape index (κ2) is 12.8. The number of alkyl halides is 3. The molecule has 1 heterocycles. The van der Waals surface area contributed by atoms with Crippen molar-refractivity contribution in [1.29, 1.82) is 0 Å². The molecule has 1 unspecified atom stereocenters. The molecule has 0 aromatic heterocycles. The zero-order valence-electron chi connectivity index (χ0n) is 18.7. The smallest absolute Gasteiger partial charge is 0.401 e. The molecule has 0 bridgehead atoms. The molecule has 1 atom stereocenters. The zero-order chi connectivity index (χ0) is 22.7. The van der Waals surface area contributed by atoms with Crippen molar-refractivity contribution < 1.29 is 22.6 Å². The van der Waals surface area contributed by atoms with E-state index in [4.69, 9.17) is 9.47 Å². The van der Waals surface area contributed by atoms with Crippen LogP contribution in [0.3, 0.4) is 0 Å². The lowest BCUT2D eigenvalue weighted by atomic mass is 10.1. The van der Waals surface area contributed by atoms with Crippen molar-refractivity contribution in [2.75, 3.05) is 46.4 Å². The number of ether oxygens (including phenoxy) is 2. The molecule has 0 spiro atoms. The largest absolute Gasteiger partial charge is 0.491 e. The van der Waals surface area contributed by atoms with E-state index in [2.05, 4.69) is 15.6 Å². The summed E-state index contributed by atoms with van der Waals surface area (Å²) in [6.07, 6.45) is -1.35. The number of aryl methyl sites for hydroxylation is 1. The highest BCUT2D eigenvalue weighted by molar-refractivity contribution is 5.79. The Bertz CT molecular complexity index is 692. The standard InChI is InChI=1S/C22H35F3N4O2/c1-4-26-21(27-10-6-11-29(3)16-22(23,24)25)28-14-18-9-8-17(2)13-20(18)31-15-19-7-5-12-30-19/h8-9,13,19H,4-7,10-12,14-16H2,1-3H3,(H2,26,27,28). The summed E-state index contributed by atoms with van der Waals surface area (Å²) in [6, 6.07) is 6.05. The van der Waals surface area contributed by atoms with Crippen molar-refractivity contribution in [1.82, 2.24) is 15.5 Å². The van der Waals surface area contributed by atoms with Crippen LogP contribution in [-0.2, 0) is 11.3 Å². The normalized spacial score (nSPS) is 17.3. The summed E-state index contributed by atoms with van der Waals surface area (Å²) in [5, 5.41) is 6.36. The number of halogens is 3. The Kier molecular flexibility index (Phi) is 10.4. The Balaban J connectivity index is 1.87. The predicted molar refractivity (Wildman–Crippen MR) is 117 cm³/mol. The Morgan fingerprint density at radius 3 is 2.81 bits per heavy atom. The SMILES string of the molecule is CCNC(=NCc1ccc(C)cc1OCC1CCCO1)NCCCN(C)CC(F)(F)F. The maximum atomic E-state index is 12.4. The molecule has 6 nitrogen and oxygen atoms in total. The van der Waals surface area contributed by atoms with E-state index in [0.29, 0.717) is 45.2 Å². The molecule has 1 aromatic carbocycles. The van der Waals surface area contributed by atoms with Crippen LogP contribution >= 0.6 is 0 Å². The van der Waals surface area contributed by atoms with Gasteiger partial charge in [-0.2, -0.15) is 13.2 Å². The quantitative estimate of drug-likeness (QED) is 0.311. The average Bonchev–Trinajstić information content (AvgIpc) is 3.21. The predicted octanol–water partition coefficient (Wildman–Crippen LogP) is 3.49. The Hall–Kier alpha value is -2.00. The number of benzene rings is 1. The van der Waals surface area contributed by atoms with Gasteiger partial charge in [0, 0.05) is 25.3 Å². The van der Waals surface area contributed by atoms with Gasteiger partial charge in [0.15, 0.2) is 5.96 Å². The van der Waals surface area contributed by atoms with Gasteiger partial charge < -0.3 is 20.1 Å². The minimum Gasteiger partial charge on any atom is -0.491 e. The van der Waals surface area contributed by atoms with Crippen LogP contribution in [0.4, 0.5) is 13.2 Å². The molecule has 1 saturated heterocycles. The van der Waals surface area contributed by atoms with Gasteiger partial charge in [-0.15, -0.1) is 0 Å². The summed E-state index contributed by atoms with van der Waals surface area (Å²) in [5.41, 5.74) is 2.09. The maximum absolute atomic E-state index is 12.4. The molecular weight excluding hydrogens is 409 g/mol. The Labute approximate surface area is 183 Å². The van der Waals surface area contributed by atoms with Crippen molar-refractivity contribution >= 4 is 5.96 Å². The molecule has 0 amide bonds. The maximum Gasteiger partial charge on any atom is 0.401 e. The first-order valence-electron chi connectivity index (χ1n) is 10.9. The van der Waals surface area contributed by atoms with Crippen LogP contribution in [0.15, 0.2) is 23.2 Å². The van der Waals surface area contributed by atoms with Crippen molar-refractivity contribution in [3.63, 3.8) is 0 Å². The Morgan fingerprint density at radius 2 is 2.13 bits per heavy atom. The van der Waals surface area contributed by atoms with Crippen LogP contribution in [0.2, 0.25) is 0 Å². The van der Waals surface area contributed by atoms with E-state index >= 15 is 0 Å². The van der Waals surface area contributed by atoms with E-state index < -0.39 is 12.7 Å². The van der Waals surface area contributed by atoms with E-state index in [1.54, 1.807) is 0 Å². The summed E-state index contributed by atoms with van der Waals surface area (Å²) in [5.74, 6) is 1.44. The molecule has 0 radical (unpaired) electrons. The second-order valence-electron chi connectivity index (χ2n) is 7.89. The molecule has 1 aromatic rings. The van der Waals surface area contributed by atoms with Crippen LogP contribution in [-0.4, -0.2) is 69.6 Å². The highest BCUT2D eigenvalue weighted by Crippen LogP contribution is 2.23. The molecule has 9 heteroatoms. The van der Waals surface area contributed by atoms with Crippen LogP contribution < -0.4 is 15.4 Å². The topological polar surface area (TPSA) is 58.1 Å². The molecule has 1 fully saturated rings. The molecule has 176 valence electrons. The third-order valence-corrected chi connectivity index (χ3v) is 4.88. The van der Waals surface area contributed by atoms with Crippen LogP contribution in [0.5, 0.6) is 5.75 Å². The second-order valence-corrected chi connectivity index (χ2v) is 7.89. The fraction of sp³-hybridized carbons (Fsp3) is 0.682. The van der Waals surface area contributed by atoms with Gasteiger partial charge in [0.05, 0.1) is 19.2 Å². The van der Waals surface area contributed by atoms with Gasteiger partial charge >= 0.3 is 6.18 Å². The minimum atomic E-state index is -4.17. The molecule has 1 aliphatic rings. The molecular formula is C22H35F3N4O2. The number of aliphatic imine (C=N–C) groups is 1. The summed E-state index contributed by atoms with van der Waals surface area (Å²) >= 11 is 0. The number of guanidine groups is 1. The fourth-order valence-electron chi connectivity index (χ4n) is 3.33. The van der Waals surface area contributed by atoms with E-state index in [-0.39, 0.29) is 6.10 Å². The lowest BCUT2D eigenvalue weighted by Gasteiger charge is -2.19. The molecule has 31 heavy (non-hydrogen) atoms. The van der Waals surface area contributed by atoms with Crippen molar-refractivity contribution in [2.24, 2.45) is 4.99 Å². The van der Waals surface area contributed by atoms with Gasteiger partial charge in [-0.25, -0.2) is 4.99 Å². The number of hydrogen-bond acceptors (Lipinski definition) is 4. The third kappa shape index (κ3) is 10.2. The Morgan fingerprint density at radius 1 is 1.32 bits per heavy atom. The van der Waals surface area contributed by atoms with Gasteiger partial charge in [0.25, 0.3) is 0 Å². The fourth-order valence-corrected chi connectivity index (χ4v) is 3.33. The van der Waals surface area contributed by atoms with Crippen molar-refractivity contribution in [3.8, 4) is 5.75 Å².